The number of piperidine rings is 1. The summed E-state index contributed by atoms with van der Waals surface area (Å²) < 4.78 is 39.3. The fraction of sp³-hybridized carbons (Fsp3) is 0.353. The molecule has 10 nitrogen and oxygen atoms in total. The van der Waals surface area contributed by atoms with Gasteiger partial charge in [0.2, 0.25) is 5.91 Å². The molecule has 238 valence electrons. The van der Waals surface area contributed by atoms with Gasteiger partial charge in [-0.3, -0.25) is 9.59 Å². The summed E-state index contributed by atoms with van der Waals surface area (Å²) in [6.07, 6.45) is 1.26. The highest BCUT2D eigenvalue weighted by atomic mass is 19.1. The number of nitrogens with two attached hydrogens (primary N) is 2. The number of nitrogens with zero attached hydrogens (tertiary/aromatic N) is 5. The normalized spacial score (nSPS) is 18.4. The highest BCUT2D eigenvalue weighted by Crippen LogP contribution is 2.38. The molecule has 2 atom stereocenters. The number of hydrogen-bond acceptors (Lipinski definition) is 6. The van der Waals surface area contributed by atoms with Crippen molar-refractivity contribution in [2.24, 2.45) is 24.4 Å². The summed E-state index contributed by atoms with van der Waals surface area (Å²) in [7, 11) is 3.43. The summed E-state index contributed by atoms with van der Waals surface area (Å²) in [5.74, 6) is 0.0148. The quantitative estimate of drug-likeness (QED) is 0.268. The van der Waals surface area contributed by atoms with Crippen LogP contribution < -0.4 is 16.2 Å². The van der Waals surface area contributed by atoms with E-state index in [4.69, 9.17) is 26.2 Å². The third-order valence-electron chi connectivity index (χ3n) is 9.09. The molecule has 7 rings (SSSR count). The maximum Gasteiger partial charge on any atom is 0.254 e. The third-order valence-corrected chi connectivity index (χ3v) is 9.09. The first-order chi connectivity index (χ1) is 22.0. The molecule has 1 saturated carbocycles. The van der Waals surface area contributed by atoms with Crippen LogP contribution in [0.4, 0.5) is 8.78 Å². The second kappa shape index (κ2) is 11.2. The van der Waals surface area contributed by atoms with Crippen molar-refractivity contribution in [2.75, 3.05) is 20.2 Å². The van der Waals surface area contributed by atoms with Crippen LogP contribution in [0.25, 0.3) is 44.8 Å². The van der Waals surface area contributed by atoms with E-state index in [1.807, 2.05) is 23.7 Å². The first-order valence-corrected chi connectivity index (χ1v) is 15.4. The summed E-state index contributed by atoms with van der Waals surface area (Å²) in [6.45, 7) is 2.70. The highest BCUT2D eigenvalue weighted by molar-refractivity contribution is 6.00. The van der Waals surface area contributed by atoms with Gasteiger partial charge in [0.15, 0.2) is 5.82 Å². The Morgan fingerprint density at radius 3 is 2.57 bits per heavy atom. The number of fused-ring (bicyclic) bond motifs is 2. The van der Waals surface area contributed by atoms with Crippen molar-refractivity contribution < 1.29 is 23.1 Å². The molecule has 1 aliphatic carbocycles. The molecular formula is C34H35F2N7O3. The van der Waals surface area contributed by atoms with Gasteiger partial charge in [0, 0.05) is 48.3 Å². The van der Waals surface area contributed by atoms with Crippen LogP contribution in [0.1, 0.15) is 45.5 Å². The molecular weight excluding hydrogens is 592 g/mol. The summed E-state index contributed by atoms with van der Waals surface area (Å²) >= 11 is 0. The van der Waals surface area contributed by atoms with E-state index in [9.17, 15) is 14.0 Å². The molecule has 1 saturated heterocycles. The lowest BCUT2D eigenvalue weighted by Crippen LogP contribution is -2.50. The largest absolute Gasteiger partial charge is 0.494 e. The molecule has 4 heterocycles. The van der Waals surface area contributed by atoms with Gasteiger partial charge < -0.3 is 30.2 Å². The predicted molar refractivity (Wildman–Crippen MR) is 171 cm³/mol. The molecule has 5 aromatic rings. The summed E-state index contributed by atoms with van der Waals surface area (Å²) in [5, 5.41) is 0.863. The number of halogens is 2. The molecule has 2 aliphatic rings. The minimum Gasteiger partial charge on any atom is -0.494 e. The van der Waals surface area contributed by atoms with Gasteiger partial charge in [-0.15, -0.1) is 0 Å². The fourth-order valence-electron chi connectivity index (χ4n) is 6.59. The van der Waals surface area contributed by atoms with Crippen LogP contribution in [0.3, 0.4) is 0 Å². The molecule has 0 unspecified atom stereocenters. The Bertz CT molecular complexity index is 2040. The van der Waals surface area contributed by atoms with Crippen molar-refractivity contribution in [2.45, 2.75) is 44.9 Å². The van der Waals surface area contributed by atoms with Gasteiger partial charge >= 0.3 is 0 Å². The number of hydrogen-bond donors (Lipinski definition) is 2. The predicted octanol–water partition coefficient (Wildman–Crippen LogP) is 4.73. The molecule has 1 aliphatic heterocycles. The fourth-order valence-corrected chi connectivity index (χ4v) is 6.59. The Morgan fingerprint density at radius 1 is 1.09 bits per heavy atom. The number of primary amides is 1. The molecule has 12 heteroatoms. The lowest BCUT2D eigenvalue weighted by Gasteiger charge is -2.33. The van der Waals surface area contributed by atoms with Crippen LogP contribution in [0, 0.1) is 18.7 Å². The second-order valence-electron chi connectivity index (χ2n) is 12.5. The summed E-state index contributed by atoms with van der Waals surface area (Å²) in [5.41, 5.74) is 16.0. The van der Waals surface area contributed by atoms with E-state index < -0.39 is 23.9 Å². The first-order valence-electron chi connectivity index (χ1n) is 15.4. The van der Waals surface area contributed by atoms with Crippen molar-refractivity contribution in [1.82, 2.24) is 24.0 Å². The lowest BCUT2D eigenvalue weighted by molar-refractivity contribution is 0.0606. The third kappa shape index (κ3) is 5.16. The number of likely N-dealkylation sites (tertiary alicyclic amines) is 1. The van der Waals surface area contributed by atoms with E-state index in [1.165, 1.54) is 12.0 Å². The maximum absolute atomic E-state index is 15.2. The zero-order valence-electron chi connectivity index (χ0n) is 25.9. The summed E-state index contributed by atoms with van der Waals surface area (Å²) in [4.78, 5) is 36.6. The zero-order valence-corrected chi connectivity index (χ0v) is 25.9. The van der Waals surface area contributed by atoms with Gasteiger partial charge in [-0.05, 0) is 80.1 Å². The Hall–Kier alpha value is -4.84. The standard InChI is InChI=1S/C34H35F2N7O3/c1-17-8-24(25(36)13-23(17)31(38)44)26-7-6-19-10-28(43(32(19)39-26)14-18-4-5-18)33-40-27-9-20(11-29(46-3)30(27)41(33)2)34(45)42-15-21(35)12-22(37)16-42/h6-11,13,18,21-22H,4-5,12,14-16,37H2,1-3H3,(H2,38,44)/t21-,22-/m1/s1. The molecule has 0 spiro atoms. The number of imidazole rings is 1. The number of aryl methyl sites for hydroxylation is 2. The Morgan fingerprint density at radius 2 is 1.87 bits per heavy atom. The van der Waals surface area contributed by atoms with E-state index in [0.717, 1.165) is 30.0 Å². The number of rotatable bonds is 7. The Kier molecular flexibility index (Phi) is 7.27. The number of alkyl halides is 1. The average Bonchev–Trinajstić information content (AvgIpc) is 3.69. The topological polar surface area (TPSA) is 134 Å². The number of benzene rings is 2. The molecule has 2 aromatic carbocycles. The summed E-state index contributed by atoms with van der Waals surface area (Å²) in [6, 6.07) is 11.4. The van der Waals surface area contributed by atoms with E-state index in [-0.39, 0.29) is 36.5 Å². The van der Waals surface area contributed by atoms with Crippen molar-refractivity contribution in [3.05, 3.63) is 65.0 Å². The second-order valence-corrected chi connectivity index (χ2v) is 12.5. The van der Waals surface area contributed by atoms with Gasteiger partial charge in [-0.25, -0.2) is 18.7 Å². The van der Waals surface area contributed by atoms with Crippen LogP contribution in [-0.2, 0) is 13.6 Å². The van der Waals surface area contributed by atoms with E-state index >= 15 is 4.39 Å². The number of aromatic nitrogens is 4. The first kappa shape index (κ1) is 29.8. The van der Waals surface area contributed by atoms with E-state index in [1.54, 1.807) is 31.2 Å². The van der Waals surface area contributed by atoms with Crippen LogP contribution >= 0.6 is 0 Å². The number of ether oxygens (including phenoxy) is 1. The maximum atomic E-state index is 15.2. The van der Waals surface area contributed by atoms with Gasteiger partial charge in [0.1, 0.15) is 28.9 Å². The minimum atomic E-state index is -1.17. The van der Waals surface area contributed by atoms with Crippen molar-refractivity contribution >= 4 is 33.9 Å². The number of carbonyl (C=O) groups is 2. The molecule has 2 fully saturated rings. The SMILES string of the molecule is COc1cc(C(=O)N2C[C@H](N)C[C@@H](F)C2)cc2nc(-c3cc4ccc(-c5cc(C)c(C(N)=O)cc5F)nc4n3CC3CC3)n(C)c12. The van der Waals surface area contributed by atoms with Crippen LogP contribution in [0.2, 0.25) is 0 Å². The number of amides is 2. The Balaban J connectivity index is 1.34. The number of carbonyl (C=O) groups excluding carboxylic acids is 2. The lowest BCUT2D eigenvalue weighted by atomic mass is 10.0. The van der Waals surface area contributed by atoms with Gasteiger partial charge in [-0.2, -0.15) is 0 Å². The molecule has 3 aromatic heterocycles. The molecule has 2 amide bonds. The van der Waals surface area contributed by atoms with Crippen LogP contribution in [0.5, 0.6) is 5.75 Å². The smallest absolute Gasteiger partial charge is 0.254 e. The Labute approximate surface area is 263 Å². The van der Waals surface area contributed by atoms with Crippen molar-refractivity contribution in [3.8, 4) is 28.5 Å². The van der Waals surface area contributed by atoms with E-state index in [0.29, 0.717) is 57.5 Å². The monoisotopic (exact) mass is 627 g/mol. The molecule has 0 radical (unpaired) electrons. The van der Waals surface area contributed by atoms with Gasteiger partial charge in [-0.1, -0.05) is 0 Å². The molecule has 0 bridgehead atoms. The number of methoxy groups -OCH3 is 1. The van der Waals surface area contributed by atoms with Gasteiger partial charge in [0.05, 0.1) is 30.6 Å². The van der Waals surface area contributed by atoms with Gasteiger partial charge in [0.25, 0.3) is 5.91 Å². The zero-order chi connectivity index (χ0) is 32.4. The molecule has 4 N–H and O–H groups in total. The van der Waals surface area contributed by atoms with Crippen molar-refractivity contribution in [3.63, 3.8) is 0 Å². The number of pyridine rings is 1. The van der Waals surface area contributed by atoms with Crippen molar-refractivity contribution in [1.29, 1.82) is 0 Å². The minimum absolute atomic E-state index is 0.00459. The highest BCUT2D eigenvalue weighted by Gasteiger charge is 2.31. The van der Waals surface area contributed by atoms with Crippen LogP contribution in [0.15, 0.2) is 42.5 Å². The molecule has 46 heavy (non-hydrogen) atoms. The average molecular weight is 628 g/mol. The van der Waals surface area contributed by atoms with E-state index in [2.05, 4.69) is 4.57 Å². The van der Waals surface area contributed by atoms with Crippen LogP contribution in [-0.4, -0.2) is 68.2 Å².